The summed E-state index contributed by atoms with van der Waals surface area (Å²) in [5.41, 5.74) is 3.32. The molecule has 0 aliphatic carbocycles. The third kappa shape index (κ3) is 2.02. The lowest BCUT2D eigenvalue weighted by Gasteiger charge is -2.49. The quantitative estimate of drug-likeness (QED) is 0.741. The normalized spacial score (nSPS) is 22.1. The summed E-state index contributed by atoms with van der Waals surface area (Å²) in [6, 6.07) is 0. The molecular weight excluding hydrogens is 197 g/mol. The van der Waals surface area contributed by atoms with E-state index in [1.165, 1.54) is 0 Å². The van der Waals surface area contributed by atoms with Gasteiger partial charge < -0.3 is 10.5 Å². The van der Waals surface area contributed by atoms with Gasteiger partial charge in [0.1, 0.15) is 0 Å². The second-order valence-electron chi connectivity index (χ2n) is 3.55. The second-order valence-corrected chi connectivity index (χ2v) is 3.55. The van der Waals surface area contributed by atoms with Crippen molar-refractivity contribution in [3.63, 3.8) is 0 Å². The van der Waals surface area contributed by atoms with Gasteiger partial charge in [-0.1, -0.05) is 0 Å². The maximum atomic E-state index is 12.5. The van der Waals surface area contributed by atoms with E-state index in [-0.39, 0.29) is 13.1 Å². The van der Waals surface area contributed by atoms with Gasteiger partial charge in [-0.2, -0.15) is 13.2 Å². The van der Waals surface area contributed by atoms with Gasteiger partial charge >= 0.3 is 6.18 Å². The highest BCUT2D eigenvalue weighted by molar-refractivity contribution is 5.02. The Morgan fingerprint density at radius 1 is 1.43 bits per heavy atom. The lowest BCUT2D eigenvalue weighted by atomic mass is 9.93. The zero-order valence-corrected chi connectivity index (χ0v) is 8.10. The van der Waals surface area contributed by atoms with Crippen molar-refractivity contribution >= 4 is 0 Å². The van der Waals surface area contributed by atoms with E-state index < -0.39 is 11.8 Å². The number of methoxy groups -OCH3 is 1. The topological polar surface area (TPSA) is 38.5 Å². The van der Waals surface area contributed by atoms with Gasteiger partial charge in [0.25, 0.3) is 0 Å². The number of rotatable bonds is 4. The number of likely N-dealkylation sites (tertiary alicyclic amines) is 1. The summed E-state index contributed by atoms with van der Waals surface area (Å²) in [6.07, 6.45) is -3.56. The molecule has 0 aromatic rings. The number of nitrogens with zero attached hydrogens (tertiary/aromatic N) is 1. The smallest absolute Gasteiger partial charge is 0.366 e. The third-order valence-corrected chi connectivity index (χ3v) is 2.54. The summed E-state index contributed by atoms with van der Waals surface area (Å²) >= 11 is 0. The molecule has 1 heterocycles. The highest BCUT2D eigenvalue weighted by Gasteiger charge is 2.62. The van der Waals surface area contributed by atoms with Gasteiger partial charge in [0.2, 0.25) is 0 Å². The van der Waals surface area contributed by atoms with Gasteiger partial charge in [-0.15, -0.1) is 0 Å². The van der Waals surface area contributed by atoms with Crippen LogP contribution in [0.15, 0.2) is 0 Å². The molecule has 1 aliphatic rings. The van der Waals surface area contributed by atoms with Crippen molar-refractivity contribution in [2.45, 2.75) is 18.2 Å². The molecule has 0 unspecified atom stereocenters. The van der Waals surface area contributed by atoms with E-state index in [0.29, 0.717) is 13.1 Å². The minimum Gasteiger partial charge on any atom is -0.366 e. The van der Waals surface area contributed by atoms with Crippen LogP contribution in [0.25, 0.3) is 0 Å². The predicted molar refractivity (Wildman–Crippen MR) is 45.9 cm³/mol. The van der Waals surface area contributed by atoms with E-state index in [0.717, 1.165) is 13.5 Å². The van der Waals surface area contributed by atoms with Gasteiger partial charge in [0.05, 0.1) is 0 Å². The van der Waals surface area contributed by atoms with Crippen LogP contribution in [0, 0.1) is 0 Å². The summed E-state index contributed by atoms with van der Waals surface area (Å²) in [7, 11) is 1.10. The molecule has 84 valence electrons. The van der Waals surface area contributed by atoms with Crippen LogP contribution in [0.3, 0.4) is 0 Å². The van der Waals surface area contributed by atoms with Crippen LogP contribution in [-0.4, -0.2) is 50.0 Å². The maximum Gasteiger partial charge on any atom is 0.419 e. The van der Waals surface area contributed by atoms with Crippen LogP contribution in [0.1, 0.15) is 6.42 Å². The Morgan fingerprint density at radius 2 is 2.00 bits per heavy atom. The predicted octanol–water partition coefficient (Wildman–Crippen LogP) is 0.598. The largest absolute Gasteiger partial charge is 0.419 e. The first-order valence-corrected chi connectivity index (χ1v) is 4.49. The summed E-state index contributed by atoms with van der Waals surface area (Å²) < 4.78 is 42.0. The molecule has 1 saturated heterocycles. The Bertz CT molecular complexity index is 190. The average Bonchev–Trinajstić information content (AvgIpc) is 2.00. The fraction of sp³-hybridized carbons (Fsp3) is 1.00. The number of halogens is 3. The first-order chi connectivity index (χ1) is 6.45. The molecule has 0 spiro atoms. The van der Waals surface area contributed by atoms with Crippen LogP contribution in [0.4, 0.5) is 13.2 Å². The van der Waals surface area contributed by atoms with E-state index in [2.05, 4.69) is 4.74 Å². The Morgan fingerprint density at radius 3 is 2.36 bits per heavy atom. The van der Waals surface area contributed by atoms with Crippen molar-refractivity contribution in [3.05, 3.63) is 0 Å². The summed E-state index contributed by atoms with van der Waals surface area (Å²) in [6.45, 7) is 0.959. The highest BCUT2D eigenvalue weighted by Crippen LogP contribution is 2.40. The Labute approximate surface area is 81.0 Å². The minimum atomic E-state index is -4.28. The Balaban J connectivity index is 2.41. The van der Waals surface area contributed by atoms with Crippen molar-refractivity contribution in [1.82, 2.24) is 4.90 Å². The van der Waals surface area contributed by atoms with Crippen LogP contribution in [0.2, 0.25) is 0 Å². The number of hydrogen-bond acceptors (Lipinski definition) is 3. The van der Waals surface area contributed by atoms with Crippen molar-refractivity contribution in [2.24, 2.45) is 5.73 Å². The lowest BCUT2D eigenvalue weighted by Crippen LogP contribution is -2.70. The number of alkyl halides is 3. The second kappa shape index (κ2) is 4.04. The first-order valence-electron chi connectivity index (χ1n) is 4.49. The van der Waals surface area contributed by atoms with E-state index in [1.54, 1.807) is 4.90 Å². The number of ether oxygens (including phenoxy) is 1. The molecule has 3 nitrogen and oxygen atoms in total. The van der Waals surface area contributed by atoms with Crippen molar-refractivity contribution in [3.8, 4) is 0 Å². The third-order valence-electron chi connectivity index (χ3n) is 2.54. The van der Waals surface area contributed by atoms with Gasteiger partial charge in [0.15, 0.2) is 5.60 Å². The summed E-state index contributed by atoms with van der Waals surface area (Å²) in [5, 5.41) is 0. The molecule has 0 aromatic carbocycles. The standard InChI is InChI=1S/C8H15F3N2O/c1-14-7(8(9,10)11)5-13(6-7)4-2-3-12/h2-6,12H2,1H3. The average molecular weight is 212 g/mol. The van der Waals surface area contributed by atoms with E-state index in [4.69, 9.17) is 5.73 Å². The van der Waals surface area contributed by atoms with E-state index >= 15 is 0 Å². The van der Waals surface area contributed by atoms with Crippen LogP contribution in [0.5, 0.6) is 0 Å². The summed E-state index contributed by atoms with van der Waals surface area (Å²) in [5.74, 6) is 0. The maximum absolute atomic E-state index is 12.5. The van der Waals surface area contributed by atoms with Crippen LogP contribution >= 0.6 is 0 Å². The van der Waals surface area contributed by atoms with Gasteiger partial charge in [-0.05, 0) is 19.5 Å². The molecule has 0 bridgehead atoms. The lowest BCUT2D eigenvalue weighted by molar-refractivity contribution is -0.310. The fourth-order valence-corrected chi connectivity index (χ4v) is 1.57. The molecule has 1 aliphatic heterocycles. The summed E-state index contributed by atoms with van der Waals surface area (Å²) in [4.78, 5) is 1.70. The molecule has 0 radical (unpaired) electrons. The zero-order chi connectivity index (χ0) is 10.8. The van der Waals surface area contributed by atoms with Crippen molar-refractivity contribution in [1.29, 1.82) is 0 Å². The Kier molecular flexibility index (Phi) is 3.39. The fourth-order valence-electron chi connectivity index (χ4n) is 1.57. The molecule has 0 atom stereocenters. The number of nitrogens with two attached hydrogens (primary N) is 1. The SMILES string of the molecule is COC1(C(F)(F)F)CN(CCCN)C1. The van der Waals surface area contributed by atoms with Crippen LogP contribution in [-0.2, 0) is 4.74 Å². The van der Waals surface area contributed by atoms with E-state index in [9.17, 15) is 13.2 Å². The molecule has 1 rings (SSSR count). The minimum absolute atomic E-state index is 0.0764. The number of hydrogen-bond donors (Lipinski definition) is 1. The molecule has 0 aromatic heterocycles. The van der Waals surface area contributed by atoms with Gasteiger partial charge in [-0.25, -0.2) is 0 Å². The molecule has 0 amide bonds. The molecule has 6 heteroatoms. The Hall–Kier alpha value is -0.330. The molecule has 2 N–H and O–H groups in total. The molecule has 1 fully saturated rings. The first kappa shape index (κ1) is 11.7. The molecular formula is C8H15F3N2O. The molecule has 0 saturated carbocycles. The van der Waals surface area contributed by atoms with Crippen LogP contribution < -0.4 is 5.73 Å². The van der Waals surface area contributed by atoms with Crippen molar-refractivity contribution < 1.29 is 17.9 Å². The van der Waals surface area contributed by atoms with Gasteiger partial charge in [-0.3, -0.25) is 4.90 Å². The van der Waals surface area contributed by atoms with E-state index in [1.807, 2.05) is 0 Å². The highest BCUT2D eigenvalue weighted by atomic mass is 19.4. The van der Waals surface area contributed by atoms with Crippen molar-refractivity contribution in [2.75, 3.05) is 33.3 Å². The van der Waals surface area contributed by atoms with Gasteiger partial charge in [0, 0.05) is 20.2 Å². The monoisotopic (exact) mass is 212 g/mol. The zero-order valence-electron chi connectivity index (χ0n) is 8.10. The molecule has 14 heavy (non-hydrogen) atoms.